The third-order valence-corrected chi connectivity index (χ3v) is 2.15. The number of aliphatic carboxylic acids is 1. The van der Waals surface area contributed by atoms with Crippen LogP contribution in [0.25, 0.3) is 0 Å². The Bertz CT molecular complexity index is 451. The molecule has 5 heteroatoms. The number of hydrogen-bond donors (Lipinski definition) is 1. The maximum atomic E-state index is 10.7. The first-order chi connectivity index (χ1) is 7.52. The monoisotopic (exact) mass is 221 g/mol. The molecule has 0 spiro atoms. The van der Waals surface area contributed by atoms with Crippen molar-refractivity contribution in [3.05, 3.63) is 51.6 Å². The second kappa shape index (κ2) is 5.06. The Morgan fingerprint density at radius 2 is 2.12 bits per heavy atom. The lowest BCUT2D eigenvalue weighted by Gasteiger charge is -1.99. The van der Waals surface area contributed by atoms with Crippen LogP contribution in [0.15, 0.2) is 35.9 Å². The summed E-state index contributed by atoms with van der Waals surface area (Å²) in [5.41, 5.74) is 0.697. The molecular formula is C11H11NO4. The molecule has 0 aromatic heterocycles. The first-order valence-corrected chi connectivity index (χ1v) is 4.64. The minimum atomic E-state index is -1.02. The third kappa shape index (κ3) is 2.91. The summed E-state index contributed by atoms with van der Waals surface area (Å²) in [5.74, 6) is -1.02. The van der Waals surface area contributed by atoms with Gasteiger partial charge in [0.15, 0.2) is 0 Å². The number of carbonyl (C=O) groups is 1. The number of para-hydroxylation sites is 1. The van der Waals surface area contributed by atoms with Gasteiger partial charge in [-0.05, 0) is 13.3 Å². The van der Waals surface area contributed by atoms with E-state index in [0.717, 1.165) is 0 Å². The van der Waals surface area contributed by atoms with Crippen LogP contribution in [0.1, 0.15) is 12.5 Å². The molecule has 0 amide bonds. The third-order valence-electron chi connectivity index (χ3n) is 2.15. The fourth-order valence-corrected chi connectivity index (χ4v) is 1.21. The van der Waals surface area contributed by atoms with E-state index in [1.165, 1.54) is 19.1 Å². The normalized spacial score (nSPS) is 11.2. The van der Waals surface area contributed by atoms with Crippen molar-refractivity contribution in [2.24, 2.45) is 0 Å². The van der Waals surface area contributed by atoms with Gasteiger partial charge in [0.2, 0.25) is 0 Å². The van der Waals surface area contributed by atoms with E-state index in [9.17, 15) is 14.9 Å². The van der Waals surface area contributed by atoms with Crippen molar-refractivity contribution in [2.45, 2.75) is 13.3 Å². The Labute approximate surface area is 92.2 Å². The van der Waals surface area contributed by atoms with Crippen molar-refractivity contribution in [1.82, 2.24) is 0 Å². The number of nitrogens with zero attached hydrogens (tertiary/aromatic N) is 1. The van der Waals surface area contributed by atoms with Gasteiger partial charge < -0.3 is 5.11 Å². The number of rotatable bonds is 4. The van der Waals surface area contributed by atoms with Gasteiger partial charge in [-0.3, -0.25) is 10.1 Å². The van der Waals surface area contributed by atoms with Crippen LogP contribution in [0.3, 0.4) is 0 Å². The summed E-state index contributed by atoms with van der Waals surface area (Å²) in [4.78, 5) is 20.7. The number of hydrogen-bond acceptors (Lipinski definition) is 3. The van der Waals surface area contributed by atoms with E-state index >= 15 is 0 Å². The molecule has 16 heavy (non-hydrogen) atoms. The van der Waals surface area contributed by atoms with E-state index in [1.807, 2.05) is 0 Å². The molecule has 1 aromatic carbocycles. The van der Waals surface area contributed by atoms with Gasteiger partial charge in [0.05, 0.1) is 4.92 Å². The Hall–Kier alpha value is -2.17. The lowest BCUT2D eigenvalue weighted by molar-refractivity contribution is -0.385. The number of nitro benzene ring substituents is 1. The van der Waals surface area contributed by atoms with Gasteiger partial charge in [0.1, 0.15) is 0 Å². The number of allylic oxidation sites excluding steroid dienone is 1. The zero-order valence-electron chi connectivity index (χ0n) is 8.71. The van der Waals surface area contributed by atoms with Gasteiger partial charge in [0, 0.05) is 17.2 Å². The lowest BCUT2D eigenvalue weighted by atomic mass is 10.1. The average molecular weight is 221 g/mol. The summed E-state index contributed by atoms with van der Waals surface area (Å²) in [6, 6.07) is 6.28. The van der Waals surface area contributed by atoms with Crippen molar-refractivity contribution in [3.8, 4) is 0 Å². The zero-order valence-corrected chi connectivity index (χ0v) is 8.71. The molecule has 84 valence electrons. The summed E-state index contributed by atoms with van der Waals surface area (Å²) in [6.45, 7) is 1.46. The van der Waals surface area contributed by atoms with Crippen molar-refractivity contribution >= 4 is 11.7 Å². The van der Waals surface area contributed by atoms with E-state index in [1.54, 1.807) is 18.2 Å². The predicted octanol–water partition coefficient (Wildman–Crippen LogP) is 2.17. The van der Waals surface area contributed by atoms with Gasteiger partial charge in [-0.1, -0.05) is 24.3 Å². The maximum absolute atomic E-state index is 10.7. The number of carboxylic acids is 1. The maximum Gasteiger partial charge on any atom is 0.330 e. The van der Waals surface area contributed by atoms with Gasteiger partial charge >= 0.3 is 5.97 Å². The second-order valence-corrected chi connectivity index (χ2v) is 3.28. The molecule has 0 aliphatic rings. The van der Waals surface area contributed by atoms with Gasteiger partial charge in [0.25, 0.3) is 5.69 Å². The van der Waals surface area contributed by atoms with Gasteiger partial charge in [-0.2, -0.15) is 0 Å². The Balaban J connectivity index is 2.94. The van der Waals surface area contributed by atoms with E-state index < -0.39 is 10.9 Å². The van der Waals surface area contributed by atoms with Crippen LogP contribution in [0, 0.1) is 10.1 Å². The quantitative estimate of drug-likeness (QED) is 0.480. The Morgan fingerprint density at radius 3 is 2.69 bits per heavy atom. The molecular weight excluding hydrogens is 210 g/mol. The highest BCUT2D eigenvalue weighted by Crippen LogP contribution is 2.18. The number of benzene rings is 1. The highest BCUT2D eigenvalue weighted by molar-refractivity contribution is 5.85. The van der Waals surface area contributed by atoms with Crippen molar-refractivity contribution < 1.29 is 14.8 Å². The van der Waals surface area contributed by atoms with Crippen LogP contribution in [-0.4, -0.2) is 16.0 Å². The molecule has 0 atom stereocenters. The van der Waals surface area contributed by atoms with Crippen LogP contribution in [0.4, 0.5) is 5.69 Å². The van der Waals surface area contributed by atoms with Gasteiger partial charge in [-0.15, -0.1) is 0 Å². The molecule has 0 aliphatic carbocycles. The average Bonchev–Trinajstić information content (AvgIpc) is 2.25. The second-order valence-electron chi connectivity index (χ2n) is 3.28. The zero-order chi connectivity index (χ0) is 12.1. The number of carboxylic acid groups (broad SMARTS) is 1. The molecule has 0 radical (unpaired) electrons. The molecule has 0 aliphatic heterocycles. The highest BCUT2D eigenvalue weighted by atomic mass is 16.6. The smallest absolute Gasteiger partial charge is 0.330 e. The van der Waals surface area contributed by atoms with Crippen LogP contribution in [-0.2, 0) is 11.2 Å². The SMILES string of the molecule is CC(=CCc1ccccc1[N+](=O)[O-])C(=O)O. The van der Waals surface area contributed by atoms with E-state index in [0.29, 0.717) is 5.56 Å². The summed E-state index contributed by atoms with van der Waals surface area (Å²) in [6.07, 6.45) is 1.71. The molecule has 0 saturated heterocycles. The fraction of sp³-hybridized carbons (Fsp3) is 0.182. The van der Waals surface area contributed by atoms with Crippen molar-refractivity contribution in [2.75, 3.05) is 0 Å². The Morgan fingerprint density at radius 1 is 1.50 bits per heavy atom. The predicted molar refractivity (Wildman–Crippen MR) is 58.2 cm³/mol. The van der Waals surface area contributed by atoms with Crippen LogP contribution in [0.2, 0.25) is 0 Å². The Kier molecular flexibility index (Phi) is 3.77. The minimum Gasteiger partial charge on any atom is -0.478 e. The molecule has 1 rings (SSSR count). The summed E-state index contributed by atoms with van der Waals surface area (Å²) in [7, 11) is 0. The number of nitro groups is 1. The summed E-state index contributed by atoms with van der Waals surface area (Å²) >= 11 is 0. The topological polar surface area (TPSA) is 80.4 Å². The highest BCUT2D eigenvalue weighted by Gasteiger charge is 2.11. The molecule has 0 unspecified atom stereocenters. The summed E-state index contributed by atoms with van der Waals surface area (Å²) in [5, 5.41) is 19.3. The summed E-state index contributed by atoms with van der Waals surface area (Å²) < 4.78 is 0. The standard InChI is InChI=1S/C11H11NO4/c1-8(11(13)14)6-7-9-4-2-3-5-10(9)12(15)16/h2-6H,7H2,1H3,(H,13,14). The van der Waals surface area contributed by atoms with E-state index in [2.05, 4.69) is 0 Å². The van der Waals surface area contributed by atoms with Crippen LogP contribution in [0.5, 0.6) is 0 Å². The van der Waals surface area contributed by atoms with Gasteiger partial charge in [-0.25, -0.2) is 4.79 Å². The van der Waals surface area contributed by atoms with Crippen molar-refractivity contribution in [3.63, 3.8) is 0 Å². The fourth-order valence-electron chi connectivity index (χ4n) is 1.21. The molecule has 1 N–H and O–H groups in total. The largest absolute Gasteiger partial charge is 0.478 e. The van der Waals surface area contributed by atoms with E-state index in [-0.39, 0.29) is 17.7 Å². The molecule has 0 heterocycles. The minimum absolute atomic E-state index is 0.0111. The van der Waals surface area contributed by atoms with E-state index in [4.69, 9.17) is 5.11 Å². The molecule has 0 bridgehead atoms. The lowest BCUT2D eigenvalue weighted by Crippen LogP contribution is -1.98. The molecule has 0 saturated carbocycles. The molecule has 1 aromatic rings. The van der Waals surface area contributed by atoms with Crippen LogP contribution < -0.4 is 0 Å². The molecule has 0 fully saturated rings. The van der Waals surface area contributed by atoms with Crippen LogP contribution >= 0.6 is 0 Å². The van der Waals surface area contributed by atoms with Crippen molar-refractivity contribution in [1.29, 1.82) is 0 Å². The first kappa shape index (κ1) is 11.9. The first-order valence-electron chi connectivity index (χ1n) is 4.64. The molecule has 5 nitrogen and oxygen atoms in total.